The van der Waals surface area contributed by atoms with Gasteiger partial charge in [-0.25, -0.2) is 0 Å². The van der Waals surface area contributed by atoms with Crippen molar-refractivity contribution in [3.05, 3.63) is 35.9 Å². The van der Waals surface area contributed by atoms with Crippen molar-refractivity contribution in [2.45, 2.75) is 24.9 Å². The quantitative estimate of drug-likeness (QED) is 0.753. The zero-order valence-corrected chi connectivity index (χ0v) is 8.37. The minimum absolute atomic E-state index is 0.408. The Bertz CT molecular complexity index is 280. The number of nitrogens with one attached hydrogen (secondary N) is 1. The number of aryl methyl sites for hydroxylation is 1. The number of hydrogen-bond acceptors (Lipinski definition) is 2. The van der Waals surface area contributed by atoms with Gasteiger partial charge < -0.3 is 10.4 Å². The Hall–Kier alpha value is -0.860. The lowest BCUT2D eigenvalue weighted by atomic mass is 9.90. The van der Waals surface area contributed by atoms with Gasteiger partial charge in [0.25, 0.3) is 0 Å². The zero-order valence-electron chi connectivity index (χ0n) is 8.37. The van der Waals surface area contributed by atoms with Crippen molar-refractivity contribution in [2.75, 3.05) is 13.1 Å². The highest BCUT2D eigenvalue weighted by molar-refractivity contribution is 5.14. The molecule has 0 atom stereocenters. The summed E-state index contributed by atoms with van der Waals surface area (Å²) in [6.45, 7) is 1.53. The largest absolute Gasteiger partial charge is 0.387 e. The highest BCUT2D eigenvalue weighted by Gasteiger charge is 2.33. The van der Waals surface area contributed by atoms with Crippen LogP contribution in [0.15, 0.2) is 30.3 Å². The summed E-state index contributed by atoms with van der Waals surface area (Å²) >= 11 is 0. The van der Waals surface area contributed by atoms with E-state index in [2.05, 4.69) is 29.6 Å². The van der Waals surface area contributed by atoms with E-state index in [0.717, 1.165) is 32.4 Å². The number of β-amino-alcohol motifs (C(OH)–C–C–N with tert-alkyl or cyclic N) is 1. The molecule has 1 heterocycles. The molecule has 0 bridgehead atoms. The Labute approximate surface area is 85.0 Å². The molecule has 0 aromatic heterocycles. The minimum Gasteiger partial charge on any atom is -0.387 e. The van der Waals surface area contributed by atoms with Crippen LogP contribution in [0.5, 0.6) is 0 Å². The summed E-state index contributed by atoms with van der Waals surface area (Å²) in [5.74, 6) is 0. The van der Waals surface area contributed by atoms with Crippen LogP contribution in [-0.4, -0.2) is 23.8 Å². The smallest absolute Gasteiger partial charge is 0.0895 e. The summed E-state index contributed by atoms with van der Waals surface area (Å²) in [5.41, 5.74) is 0.956. The molecule has 0 amide bonds. The van der Waals surface area contributed by atoms with E-state index in [4.69, 9.17) is 0 Å². The van der Waals surface area contributed by atoms with E-state index >= 15 is 0 Å². The monoisotopic (exact) mass is 191 g/mol. The summed E-state index contributed by atoms with van der Waals surface area (Å²) in [5, 5.41) is 12.9. The molecule has 0 spiro atoms. The SMILES string of the molecule is OC1(CCCc2ccccc2)CNC1. The average Bonchev–Trinajstić information content (AvgIpc) is 2.17. The average molecular weight is 191 g/mol. The Morgan fingerprint density at radius 1 is 1.21 bits per heavy atom. The van der Waals surface area contributed by atoms with Crippen molar-refractivity contribution in [3.63, 3.8) is 0 Å². The van der Waals surface area contributed by atoms with Crippen LogP contribution in [0.4, 0.5) is 0 Å². The van der Waals surface area contributed by atoms with Crippen molar-refractivity contribution in [3.8, 4) is 0 Å². The van der Waals surface area contributed by atoms with Crippen LogP contribution in [0.2, 0.25) is 0 Å². The summed E-state index contributed by atoms with van der Waals surface area (Å²) in [7, 11) is 0. The summed E-state index contributed by atoms with van der Waals surface area (Å²) < 4.78 is 0. The van der Waals surface area contributed by atoms with E-state index in [-0.39, 0.29) is 0 Å². The lowest BCUT2D eigenvalue weighted by molar-refractivity contribution is -0.0185. The van der Waals surface area contributed by atoms with Gasteiger partial charge in [-0.1, -0.05) is 30.3 Å². The van der Waals surface area contributed by atoms with Gasteiger partial charge in [-0.05, 0) is 24.8 Å². The Morgan fingerprint density at radius 3 is 2.50 bits per heavy atom. The van der Waals surface area contributed by atoms with Gasteiger partial charge in [-0.3, -0.25) is 0 Å². The normalized spacial score (nSPS) is 18.9. The Balaban J connectivity index is 1.73. The third kappa shape index (κ3) is 2.34. The molecule has 14 heavy (non-hydrogen) atoms. The topological polar surface area (TPSA) is 32.3 Å². The maximum Gasteiger partial charge on any atom is 0.0895 e. The van der Waals surface area contributed by atoms with Gasteiger partial charge in [0, 0.05) is 13.1 Å². The Kier molecular flexibility index (Phi) is 2.85. The number of benzene rings is 1. The molecule has 76 valence electrons. The van der Waals surface area contributed by atoms with Crippen molar-refractivity contribution in [1.82, 2.24) is 5.32 Å². The van der Waals surface area contributed by atoms with Gasteiger partial charge in [0.1, 0.15) is 0 Å². The second kappa shape index (κ2) is 4.11. The first-order valence-corrected chi connectivity index (χ1v) is 5.26. The fourth-order valence-corrected chi connectivity index (χ4v) is 1.86. The first kappa shape index (κ1) is 9.69. The predicted octanol–water partition coefficient (Wildman–Crippen LogP) is 1.34. The Morgan fingerprint density at radius 2 is 1.93 bits per heavy atom. The molecule has 0 saturated carbocycles. The third-order valence-corrected chi connectivity index (χ3v) is 2.86. The summed E-state index contributed by atoms with van der Waals surface area (Å²) in [4.78, 5) is 0. The molecule has 1 fully saturated rings. The van der Waals surface area contributed by atoms with Crippen LogP contribution in [0.3, 0.4) is 0 Å². The fraction of sp³-hybridized carbons (Fsp3) is 0.500. The second-order valence-electron chi connectivity index (χ2n) is 4.17. The molecular formula is C12H17NO. The van der Waals surface area contributed by atoms with Crippen LogP contribution in [0.1, 0.15) is 18.4 Å². The van der Waals surface area contributed by atoms with Gasteiger partial charge in [-0.2, -0.15) is 0 Å². The van der Waals surface area contributed by atoms with E-state index in [1.807, 2.05) is 6.07 Å². The molecule has 0 radical (unpaired) electrons. The van der Waals surface area contributed by atoms with Gasteiger partial charge in [0.2, 0.25) is 0 Å². The molecule has 1 aromatic carbocycles. The van der Waals surface area contributed by atoms with Crippen LogP contribution in [-0.2, 0) is 6.42 Å². The second-order valence-corrected chi connectivity index (χ2v) is 4.17. The van der Waals surface area contributed by atoms with Crippen LogP contribution >= 0.6 is 0 Å². The fourth-order valence-electron chi connectivity index (χ4n) is 1.86. The lowest BCUT2D eigenvalue weighted by Gasteiger charge is -2.37. The maximum atomic E-state index is 9.83. The molecule has 0 aliphatic carbocycles. The van der Waals surface area contributed by atoms with Crippen molar-refractivity contribution >= 4 is 0 Å². The van der Waals surface area contributed by atoms with E-state index < -0.39 is 5.60 Å². The highest BCUT2D eigenvalue weighted by atomic mass is 16.3. The summed E-state index contributed by atoms with van der Waals surface area (Å²) in [6, 6.07) is 10.4. The molecule has 1 aromatic rings. The van der Waals surface area contributed by atoms with E-state index in [1.54, 1.807) is 0 Å². The molecule has 2 nitrogen and oxygen atoms in total. The van der Waals surface area contributed by atoms with Crippen molar-refractivity contribution in [1.29, 1.82) is 0 Å². The number of aliphatic hydroxyl groups is 1. The van der Waals surface area contributed by atoms with Crippen LogP contribution in [0.25, 0.3) is 0 Å². The number of hydrogen-bond donors (Lipinski definition) is 2. The summed E-state index contributed by atoms with van der Waals surface area (Å²) in [6.07, 6.45) is 3.06. The third-order valence-electron chi connectivity index (χ3n) is 2.86. The molecule has 1 saturated heterocycles. The molecule has 1 aliphatic heterocycles. The predicted molar refractivity (Wildman–Crippen MR) is 57.2 cm³/mol. The van der Waals surface area contributed by atoms with Crippen LogP contribution < -0.4 is 5.32 Å². The van der Waals surface area contributed by atoms with E-state index in [9.17, 15) is 5.11 Å². The zero-order chi connectivity index (χ0) is 9.86. The first-order chi connectivity index (χ1) is 6.79. The standard InChI is InChI=1S/C12H17NO/c14-12(9-13-10-12)8-4-7-11-5-2-1-3-6-11/h1-3,5-6,13-14H,4,7-10H2. The highest BCUT2D eigenvalue weighted by Crippen LogP contribution is 2.18. The maximum absolute atomic E-state index is 9.83. The number of rotatable bonds is 4. The molecule has 2 N–H and O–H groups in total. The minimum atomic E-state index is -0.408. The lowest BCUT2D eigenvalue weighted by Crippen LogP contribution is -2.59. The van der Waals surface area contributed by atoms with Crippen molar-refractivity contribution < 1.29 is 5.11 Å². The molecule has 0 unspecified atom stereocenters. The molecule has 1 aliphatic rings. The molecular weight excluding hydrogens is 174 g/mol. The van der Waals surface area contributed by atoms with Gasteiger partial charge in [-0.15, -0.1) is 0 Å². The van der Waals surface area contributed by atoms with Crippen molar-refractivity contribution in [2.24, 2.45) is 0 Å². The van der Waals surface area contributed by atoms with Gasteiger partial charge in [0.05, 0.1) is 5.60 Å². The molecule has 2 heteroatoms. The van der Waals surface area contributed by atoms with E-state index in [0.29, 0.717) is 0 Å². The molecule has 2 rings (SSSR count). The van der Waals surface area contributed by atoms with Crippen LogP contribution in [0, 0.1) is 0 Å². The van der Waals surface area contributed by atoms with Gasteiger partial charge >= 0.3 is 0 Å². The van der Waals surface area contributed by atoms with E-state index in [1.165, 1.54) is 5.56 Å². The van der Waals surface area contributed by atoms with Gasteiger partial charge in [0.15, 0.2) is 0 Å². The first-order valence-electron chi connectivity index (χ1n) is 5.26.